The van der Waals surface area contributed by atoms with Crippen molar-refractivity contribution in [2.45, 2.75) is 13.1 Å². The molecule has 5 nitrogen and oxygen atoms in total. The van der Waals surface area contributed by atoms with Crippen molar-refractivity contribution in [3.8, 4) is 0 Å². The zero-order chi connectivity index (χ0) is 21.7. The maximum Gasteiger partial charge on any atom is 0.253 e. The fourth-order valence-corrected chi connectivity index (χ4v) is 4.08. The molecule has 0 fully saturated rings. The van der Waals surface area contributed by atoms with E-state index in [2.05, 4.69) is 0 Å². The minimum absolute atomic E-state index is 0.112. The van der Waals surface area contributed by atoms with Crippen molar-refractivity contribution < 1.29 is 13.2 Å². The van der Waals surface area contributed by atoms with E-state index in [9.17, 15) is 13.2 Å². The van der Waals surface area contributed by atoms with Crippen LogP contribution < -0.4 is 4.31 Å². The molecule has 0 saturated heterocycles. The average Bonchev–Trinajstić information content (AvgIpc) is 2.73. The molecule has 3 aromatic carbocycles. The summed E-state index contributed by atoms with van der Waals surface area (Å²) >= 11 is 5.90. The van der Waals surface area contributed by atoms with E-state index < -0.39 is 10.0 Å². The zero-order valence-corrected chi connectivity index (χ0v) is 18.4. The normalized spacial score (nSPS) is 11.2. The first-order valence-electron chi connectivity index (χ1n) is 9.35. The molecule has 3 rings (SSSR count). The van der Waals surface area contributed by atoms with Gasteiger partial charge in [-0.05, 0) is 47.5 Å². The van der Waals surface area contributed by atoms with Crippen LogP contribution in [0.4, 0.5) is 5.69 Å². The fraction of sp³-hybridized carbons (Fsp3) is 0.174. The van der Waals surface area contributed by atoms with Gasteiger partial charge in [0.05, 0.1) is 18.5 Å². The number of hydrogen-bond acceptors (Lipinski definition) is 3. The van der Waals surface area contributed by atoms with Gasteiger partial charge in [0, 0.05) is 24.2 Å². The maximum atomic E-state index is 12.7. The van der Waals surface area contributed by atoms with E-state index in [1.807, 2.05) is 18.2 Å². The van der Waals surface area contributed by atoms with E-state index in [-0.39, 0.29) is 12.5 Å². The van der Waals surface area contributed by atoms with Crippen LogP contribution in [0, 0.1) is 0 Å². The molecule has 0 spiro atoms. The topological polar surface area (TPSA) is 57.7 Å². The molecular weight excluding hydrogens is 420 g/mol. The molecule has 0 saturated carbocycles. The standard InChI is InChI=1S/C23H23ClN2O3S/c1-25(16-18-10-14-21(24)15-11-18)23(27)20-12-8-19(9-13-20)17-26(30(2,28)29)22-6-4-3-5-7-22/h3-15H,16-17H2,1-2H3. The van der Waals surface area contributed by atoms with Gasteiger partial charge in [0.2, 0.25) is 10.0 Å². The predicted molar refractivity (Wildman–Crippen MR) is 121 cm³/mol. The highest BCUT2D eigenvalue weighted by Gasteiger charge is 2.18. The average molecular weight is 443 g/mol. The van der Waals surface area contributed by atoms with Crippen LogP contribution in [0.3, 0.4) is 0 Å². The number of hydrogen-bond donors (Lipinski definition) is 0. The van der Waals surface area contributed by atoms with Gasteiger partial charge in [-0.2, -0.15) is 0 Å². The monoisotopic (exact) mass is 442 g/mol. The summed E-state index contributed by atoms with van der Waals surface area (Å²) in [5.41, 5.74) is 2.92. The van der Waals surface area contributed by atoms with Crippen LogP contribution in [0.1, 0.15) is 21.5 Å². The van der Waals surface area contributed by atoms with Gasteiger partial charge in [-0.1, -0.05) is 54.1 Å². The van der Waals surface area contributed by atoms with Crippen molar-refractivity contribution in [3.05, 3.63) is 101 Å². The lowest BCUT2D eigenvalue weighted by atomic mass is 10.1. The lowest BCUT2D eigenvalue weighted by Crippen LogP contribution is -2.29. The Morgan fingerprint density at radius 1 is 0.833 bits per heavy atom. The second-order valence-electron chi connectivity index (χ2n) is 7.09. The lowest BCUT2D eigenvalue weighted by molar-refractivity contribution is 0.0785. The minimum Gasteiger partial charge on any atom is -0.337 e. The van der Waals surface area contributed by atoms with Crippen LogP contribution in [0.5, 0.6) is 0 Å². The summed E-state index contributed by atoms with van der Waals surface area (Å²) < 4.78 is 25.8. The Balaban J connectivity index is 1.71. The number of rotatable bonds is 7. The summed E-state index contributed by atoms with van der Waals surface area (Å²) in [5, 5.41) is 0.655. The third-order valence-electron chi connectivity index (χ3n) is 4.65. The van der Waals surface area contributed by atoms with Crippen molar-refractivity contribution >= 4 is 33.2 Å². The maximum absolute atomic E-state index is 12.7. The van der Waals surface area contributed by atoms with Crippen molar-refractivity contribution in [2.75, 3.05) is 17.6 Å². The van der Waals surface area contributed by atoms with Crippen LogP contribution in [-0.2, 0) is 23.1 Å². The second-order valence-corrected chi connectivity index (χ2v) is 9.43. The molecule has 0 N–H and O–H groups in total. The third kappa shape index (κ3) is 5.62. The van der Waals surface area contributed by atoms with Gasteiger partial charge in [-0.3, -0.25) is 9.10 Å². The Morgan fingerprint density at radius 3 is 1.93 bits per heavy atom. The van der Waals surface area contributed by atoms with E-state index in [4.69, 9.17) is 11.6 Å². The number of halogens is 1. The van der Waals surface area contributed by atoms with E-state index in [1.165, 1.54) is 10.6 Å². The van der Waals surface area contributed by atoms with Crippen LogP contribution in [0.25, 0.3) is 0 Å². The molecule has 0 unspecified atom stereocenters. The van der Waals surface area contributed by atoms with E-state index in [1.54, 1.807) is 72.6 Å². The largest absolute Gasteiger partial charge is 0.337 e. The molecule has 0 aliphatic rings. The van der Waals surface area contributed by atoms with Crippen molar-refractivity contribution in [3.63, 3.8) is 0 Å². The van der Waals surface area contributed by atoms with Gasteiger partial charge in [0.15, 0.2) is 0 Å². The van der Waals surface area contributed by atoms with Crippen LogP contribution in [-0.4, -0.2) is 32.5 Å². The lowest BCUT2D eigenvalue weighted by Gasteiger charge is -2.23. The highest BCUT2D eigenvalue weighted by molar-refractivity contribution is 7.92. The number of nitrogens with zero attached hydrogens (tertiary/aromatic N) is 2. The molecule has 0 aromatic heterocycles. The smallest absolute Gasteiger partial charge is 0.253 e. The molecule has 0 radical (unpaired) electrons. The molecule has 156 valence electrons. The number of para-hydroxylation sites is 1. The zero-order valence-electron chi connectivity index (χ0n) is 16.8. The number of amides is 1. The first kappa shape index (κ1) is 21.9. The Hall–Kier alpha value is -2.83. The van der Waals surface area contributed by atoms with Crippen molar-refractivity contribution in [2.24, 2.45) is 0 Å². The fourth-order valence-electron chi connectivity index (χ4n) is 3.07. The molecule has 0 aliphatic carbocycles. The third-order valence-corrected chi connectivity index (χ3v) is 6.04. The summed E-state index contributed by atoms with van der Waals surface area (Å²) in [7, 11) is -1.70. The summed E-state index contributed by atoms with van der Waals surface area (Å²) in [4.78, 5) is 14.4. The Morgan fingerprint density at radius 2 is 1.37 bits per heavy atom. The van der Waals surface area contributed by atoms with Crippen molar-refractivity contribution in [1.29, 1.82) is 0 Å². The molecule has 7 heteroatoms. The van der Waals surface area contributed by atoms with Gasteiger partial charge >= 0.3 is 0 Å². The highest BCUT2D eigenvalue weighted by Crippen LogP contribution is 2.20. The minimum atomic E-state index is -3.44. The predicted octanol–water partition coefficient (Wildman–Crippen LogP) is 4.58. The number of carbonyl (C=O) groups is 1. The number of sulfonamides is 1. The van der Waals surface area contributed by atoms with Crippen LogP contribution in [0.2, 0.25) is 5.02 Å². The molecule has 0 atom stereocenters. The number of anilines is 1. The second kappa shape index (κ2) is 9.32. The molecule has 3 aromatic rings. The molecule has 30 heavy (non-hydrogen) atoms. The first-order valence-corrected chi connectivity index (χ1v) is 11.6. The van der Waals surface area contributed by atoms with E-state index in [0.717, 1.165) is 11.1 Å². The quantitative estimate of drug-likeness (QED) is 0.538. The van der Waals surface area contributed by atoms with Gasteiger partial charge in [-0.15, -0.1) is 0 Å². The van der Waals surface area contributed by atoms with Gasteiger partial charge < -0.3 is 4.90 Å². The summed E-state index contributed by atoms with van der Waals surface area (Å²) in [5.74, 6) is -0.112. The first-order chi connectivity index (χ1) is 14.2. The van der Waals surface area contributed by atoms with Gasteiger partial charge in [0.25, 0.3) is 5.91 Å². The molecule has 0 aliphatic heterocycles. The number of carbonyl (C=O) groups excluding carboxylic acids is 1. The van der Waals surface area contributed by atoms with Crippen LogP contribution >= 0.6 is 11.6 Å². The summed E-state index contributed by atoms with van der Waals surface area (Å²) in [6.45, 7) is 0.658. The van der Waals surface area contributed by atoms with Crippen molar-refractivity contribution in [1.82, 2.24) is 4.90 Å². The SMILES string of the molecule is CN(Cc1ccc(Cl)cc1)C(=O)c1ccc(CN(c2ccccc2)S(C)(=O)=O)cc1. The van der Waals surface area contributed by atoms with E-state index >= 15 is 0 Å². The Kier molecular flexibility index (Phi) is 6.80. The van der Waals surface area contributed by atoms with E-state index in [0.29, 0.717) is 22.8 Å². The van der Waals surface area contributed by atoms with Gasteiger partial charge in [0.1, 0.15) is 0 Å². The summed E-state index contributed by atoms with van der Waals surface area (Å²) in [6, 6.07) is 23.3. The summed E-state index contributed by atoms with van der Waals surface area (Å²) in [6.07, 6.45) is 1.18. The highest BCUT2D eigenvalue weighted by atomic mass is 35.5. The molecule has 1 amide bonds. The molecular formula is C23H23ClN2O3S. The molecule has 0 bridgehead atoms. The van der Waals surface area contributed by atoms with Gasteiger partial charge in [-0.25, -0.2) is 8.42 Å². The molecule has 0 heterocycles. The Bertz CT molecular complexity index is 1100. The number of benzene rings is 3. The Labute approximate surface area is 182 Å². The van der Waals surface area contributed by atoms with Crippen LogP contribution in [0.15, 0.2) is 78.9 Å².